The molecule has 3 aromatic rings. The lowest BCUT2D eigenvalue weighted by Gasteiger charge is -2.09. The van der Waals surface area contributed by atoms with E-state index in [0.29, 0.717) is 11.4 Å². The lowest BCUT2D eigenvalue weighted by atomic mass is 10.2. The second-order valence-electron chi connectivity index (χ2n) is 6.53. The third-order valence-electron chi connectivity index (χ3n) is 4.21. The fourth-order valence-corrected chi connectivity index (χ4v) is 3.55. The molecule has 0 aliphatic carbocycles. The predicted octanol–water partition coefficient (Wildman–Crippen LogP) is 2.00. The molecular weight excluding hydrogens is 450 g/mol. The summed E-state index contributed by atoms with van der Waals surface area (Å²) in [5.74, 6) is -1.49. The van der Waals surface area contributed by atoms with E-state index < -0.39 is 27.8 Å². The van der Waals surface area contributed by atoms with E-state index >= 15 is 0 Å². The van der Waals surface area contributed by atoms with Crippen LogP contribution >= 0.6 is 0 Å². The van der Waals surface area contributed by atoms with Crippen molar-refractivity contribution in [2.24, 2.45) is 0 Å². The maximum atomic E-state index is 12.5. The van der Waals surface area contributed by atoms with Gasteiger partial charge in [0.1, 0.15) is 11.4 Å². The van der Waals surface area contributed by atoms with Crippen LogP contribution in [0.5, 0.6) is 5.75 Å². The Labute approximate surface area is 189 Å². The monoisotopic (exact) mass is 469 g/mol. The summed E-state index contributed by atoms with van der Waals surface area (Å²) in [7, 11) is -3.00. The van der Waals surface area contributed by atoms with E-state index in [-0.39, 0.29) is 22.8 Å². The Bertz CT molecular complexity index is 1240. The summed E-state index contributed by atoms with van der Waals surface area (Å²) in [5.41, 5.74) is 0.266. The maximum absolute atomic E-state index is 12.5. The van der Waals surface area contributed by atoms with Gasteiger partial charge in [0.2, 0.25) is 0 Å². The molecule has 0 saturated carbocycles. The molecule has 2 aromatic carbocycles. The summed E-state index contributed by atoms with van der Waals surface area (Å²) < 4.78 is 36.8. The van der Waals surface area contributed by atoms with Gasteiger partial charge in [-0.25, -0.2) is 22.9 Å². The highest BCUT2D eigenvalue weighted by atomic mass is 32.2. The average Bonchev–Trinajstić information content (AvgIpc) is 2.83. The van der Waals surface area contributed by atoms with Crippen molar-refractivity contribution in [2.45, 2.75) is 4.90 Å². The van der Waals surface area contributed by atoms with Crippen LogP contribution in [0.2, 0.25) is 0 Å². The minimum Gasteiger partial charge on any atom is -0.484 e. The van der Waals surface area contributed by atoms with Gasteiger partial charge in [0.25, 0.3) is 21.8 Å². The first-order valence-electron chi connectivity index (χ1n) is 9.48. The number of carbonyl (C=O) groups is 3. The molecule has 10 nitrogen and oxygen atoms in total. The molecule has 2 amide bonds. The van der Waals surface area contributed by atoms with Gasteiger partial charge in [-0.1, -0.05) is 18.2 Å². The number of hydrogen-bond acceptors (Lipinski definition) is 8. The summed E-state index contributed by atoms with van der Waals surface area (Å²) in [6.45, 7) is -0.219. The van der Waals surface area contributed by atoms with Crippen LogP contribution in [0, 0.1) is 0 Å². The summed E-state index contributed by atoms with van der Waals surface area (Å²) >= 11 is 0. The number of anilines is 1. The van der Waals surface area contributed by atoms with Gasteiger partial charge in [0, 0.05) is 11.9 Å². The quantitative estimate of drug-likeness (QED) is 0.477. The zero-order valence-corrected chi connectivity index (χ0v) is 18.2. The summed E-state index contributed by atoms with van der Waals surface area (Å²) in [6.07, 6.45) is 1.06. The number of pyridine rings is 1. The molecule has 0 aliphatic heterocycles. The largest absolute Gasteiger partial charge is 0.484 e. The average molecular weight is 469 g/mol. The molecule has 170 valence electrons. The van der Waals surface area contributed by atoms with E-state index in [2.05, 4.69) is 15.0 Å². The van der Waals surface area contributed by atoms with E-state index in [1.165, 1.54) is 43.5 Å². The molecule has 1 aromatic heterocycles. The molecule has 1 heterocycles. The molecule has 2 N–H and O–H groups in total. The summed E-state index contributed by atoms with van der Waals surface area (Å²) in [5, 5.41) is 2.58. The number of nitrogens with one attached hydrogen (secondary N) is 2. The molecule has 0 saturated heterocycles. The van der Waals surface area contributed by atoms with Crippen LogP contribution in [0.15, 0.2) is 77.8 Å². The molecule has 11 heteroatoms. The van der Waals surface area contributed by atoms with Crippen molar-refractivity contribution in [2.75, 3.05) is 19.0 Å². The van der Waals surface area contributed by atoms with Crippen molar-refractivity contribution >= 4 is 33.5 Å². The van der Waals surface area contributed by atoms with Crippen molar-refractivity contribution in [1.82, 2.24) is 9.71 Å². The first-order valence-corrected chi connectivity index (χ1v) is 11.0. The third kappa shape index (κ3) is 6.37. The highest BCUT2D eigenvalue weighted by Crippen LogP contribution is 2.15. The first-order chi connectivity index (χ1) is 15.8. The topological polar surface area (TPSA) is 141 Å². The minimum absolute atomic E-state index is 0.0243. The van der Waals surface area contributed by atoms with Gasteiger partial charge in [-0.2, -0.15) is 0 Å². The Hall–Kier alpha value is -4.25. The van der Waals surface area contributed by atoms with Crippen molar-refractivity contribution < 1.29 is 32.3 Å². The van der Waals surface area contributed by atoms with Crippen LogP contribution in [0.1, 0.15) is 20.8 Å². The van der Waals surface area contributed by atoms with Crippen molar-refractivity contribution in [3.05, 3.63) is 84.2 Å². The van der Waals surface area contributed by atoms with Crippen LogP contribution in [-0.4, -0.2) is 44.9 Å². The standard InChI is InChI=1S/C22H19N3O7S/c1-31-22(28)19-12-7-15(13-23-19)21(27)25-33(29,30)18-10-8-16(9-11-18)24-20(26)14-32-17-5-3-2-4-6-17/h2-13H,14H2,1H3,(H,24,26)(H,25,27). The van der Waals surface area contributed by atoms with E-state index in [1.54, 1.807) is 24.3 Å². The molecule has 0 atom stereocenters. The summed E-state index contributed by atoms with van der Waals surface area (Å²) in [4.78, 5) is 39.2. The number of aromatic nitrogens is 1. The van der Waals surface area contributed by atoms with Gasteiger partial charge in [-0.05, 0) is 48.5 Å². The number of para-hydroxylation sites is 1. The Morgan fingerprint density at radius 2 is 1.64 bits per heavy atom. The summed E-state index contributed by atoms with van der Waals surface area (Å²) in [6, 6.07) is 16.5. The van der Waals surface area contributed by atoms with E-state index in [1.807, 2.05) is 10.8 Å². The van der Waals surface area contributed by atoms with E-state index in [9.17, 15) is 22.8 Å². The number of hydrogen-bond donors (Lipinski definition) is 2. The van der Waals surface area contributed by atoms with Crippen molar-refractivity contribution in [1.29, 1.82) is 0 Å². The van der Waals surface area contributed by atoms with E-state index in [4.69, 9.17) is 4.74 Å². The zero-order valence-electron chi connectivity index (χ0n) is 17.3. The van der Waals surface area contributed by atoms with Gasteiger partial charge in [-0.3, -0.25) is 9.59 Å². The molecule has 0 unspecified atom stereocenters. The molecule has 0 fully saturated rings. The molecular formula is C22H19N3O7S. The lowest BCUT2D eigenvalue weighted by Crippen LogP contribution is -2.30. The maximum Gasteiger partial charge on any atom is 0.356 e. The van der Waals surface area contributed by atoms with Crippen LogP contribution in [0.25, 0.3) is 0 Å². The molecule has 33 heavy (non-hydrogen) atoms. The molecule has 0 aliphatic rings. The Morgan fingerprint density at radius 3 is 2.24 bits per heavy atom. The van der Waals surface area contributed by atoms with Crippen LogP contribution in [-0.2, 0) is 19.6 Å². The van der Waals surface area contributed by atoms with Crippen LogP contribution in [0.3, 0.4) is 0 Å². The number of ether oxygens (including phenoxy) is 2. The molecule has 0 spiro atoms. The smallest absolute Gasteiger partial charge is 0.356 e. The number of nitrogens with zero attached hydrogens (tertiary/aromatic N) is 1. The molecule has 0 radical (unpaired) electrons. The van der Waals surface area contributed by atoms with Crippen molar-refractivity contribution in [3.63, 3.8) is 0 Å². The Morgan fingerprint density at radius 1 is 0.939 bits per heavy atom. The first kappa shape index (κ1) is 23.4. The number of carbonyl (C=O) groups excluding carboxylic acids is 3. The number of amides is 2. The predicted molar refractivity (Wildman–Crippen MR) is 117 cm³/mol. The number of sulfonamides is 1. The second-order valence-corrected chi connectivity index (χ2v) is 8.22. The Kier molecular flexibility index (Phi) is 7.36. The number of esters is 1. The van der Waals surface area contributed by atoms with Crippen molar-refractivity contribution in [3.8, 4) is 5.75 Å². The van der Waals surface area contributed by atoms with Gasteiger partial charge in [0.15, 0.2) is 6.61 Å². The number of methoxy groups -OCH3 is 1. The van der Waals surface area contributed by atoms with Crippen LogP contribution < -0.4 is 14.8 Å². The minimum atomic E-state index is -4.19. The Balaban J connectivity index is 1.59. The van der Waals surface area contributed by atoms with Gasteiger partial charge >= 0.3 is 5.97 Å². The van der Waals surface area contributed by atoms with Gasteiger partial charge in [0.05, 0.1) is 17.6 Å². The number of rotatable bonds is 8. The zero-order chi connectivity index (χ0) is 23.8. The highest BCUT2D eigenvalue weighted by Gasteiger charge is 2.19. The third-order valence-corrected chi connectivity index (χ3v) is 5.56. The number of benzene rings is 2. The fourth-order valence-electron chi connectivity index (χ4n) is 2.57. The SMILES string of the molecule is COC(=O)c1ccc(C(=O)NS(=O)(=O)c2ccc(NC(=O)COc3ccccc3)cc2)cn1. The lowest BCUT2D eigenvalue weighted by molar-refractivity contribution is -0.118. The highest BCUT2D eigenvalue weighted by molar-refractivity contribution is 7.90. The fraction of sp³-hybridized carbons (Fsp3) is 0.0909. The van der Waals surface area contributed by atoms with Gasteiger partial charge in [-0.15, -0.1) is 0 Å². The van der Waals surface area contributed by atoms with E-state index in [0.717, 1.165) is 6.20 Å². The molecule has 3 rings (SSSR count). The molecule has 0 bridgehead atoms. The van der Waals surface area contributed by atoms with Crippen LogP contribution in [0.4, 0.5) is 5.69 Å². The normalized spacial score (nSPS) is 10.7. The van der Waals surface area contributed by atoms with Gasteiger partial charge < -0.3 is 14.8 Å². The second kappa shape index (κ2) is 10.4.